The smallest absolute Gasteiger partial charge is 0.233 e. The number of thioether (sulfide) groups is 1. The second-order valence-electron chi connectivity index (χ2n) is 5.91. The lowest BCUT2D eigenvalue weighted by atomic mass is 10.1. The molecule has 1 aromatic heterocycles. The molecule has 1 N–H and O–H groups in total. The Kier molecular flexibility index (Phi) is 5.58. The van der Waals surface area contributed by atoms with Crippen LogP contribution in [0, 0.1) is 0 Å². The molecule has 0 bridgehead atoms. The van der Waals surface area contributed by atoms with Crippen LogP contribution in [0.3, 0.4) is 0 Å². The number of benzene rings is 1. The zero-order valence-electron chi connectivity index (χ0n) is 14.1. The van der Waals surface area contributed by atoms with Gasteiger partial charge in [0.2, 0.25) is 5.91 Å². The number of nitrogens with one attached hydrogen (secondary N) is 1. The van der Waals surface area contributed by atoms with Crippen LogP contribution >= 0.6 is 11.8 Å². The van der Waals surface area contributed by atoms with E-state index in [9.17, 15) is 4.79 Å². The quantitative estimate of drug-likeness (QED) is 0.818. The Morgan fingerprint density at radius 2 is 2.25 bits per heavy atom. The Hall–Kier alpha value is -1.79. The molecule has 1 aliphatic rings. The number of hydrogen-bond donors (Lipinski definition) is 1. The molecule has 1 amide bonds. The van der Waals surface area contributed by atoms with E-state index in [2.05, 4.69) is 27.0 Å². The van der Waals surface area contributed by atoms with Gasteiger partial charge in [-0.3, -0.25) is 4.79 Å². The van der Waals surface area contributed by atoms with E-state index in [-0.39, 0.29) is 17.3 Å². The Labute approximate surface area is 146 Å². The van der Waals surface area contributed by atoms with Gasteiger partial charge in [0.1, 0.15) is 0 Å². The van der Waals surface area contributed by atoms with Crippen molar-refractivity contribution in [2.24, 2.45) is 0 Å². The lowest BCUT2D eigenvalue weighted by Gasteiger charge is -2.17. The zero-order valence-corrected chi connectivity index (χ0v) is 14.9. The second-order valence-corrected chi connectivity index (χ2v) is 7.22. The number of carbonyl (C=O) groups is 1. The molecule has 1 aromatic carbocycles. The van der Waals surface area contributed by atoms with E-state index in [1.54, 1.807) is 7.05 Å². The van der Waals surface area contributed by atoms with Gasteiger partial charge in [0, 0.05) is 13.7 Å². The van der Waals surface area contributed by atoms with Gasteiger partial charge in [-0.15, -0.1) is 0 Å². The van der Waals surface area contributed by atoms with Crippen molar-refractivity contribution >= 4 is 17.7 Å². The first-order chi connectivity index (χ1) is 11.7. The fourth-order valence-corrected chi connectivity index (χ4v) is 3.83. The molecule has 0 aliphatic carbocycles. The third-order valence-electron chi connectivity index (χ3n) is 4.20. The van der Waals surface area contributed by atoms with Crippen molar-refractivity contribution in [3.63, 3.8) is 0 Å². The summed E-state index contributed by atoms with van der Waals surface area (Å²) >= 11 is 1.49. The SMILES string of the molecule is CNC(=O)[C@H](C)Sc1ncc(-c2ccccc2)n1C[C@H]1CCCO1. The predicted octanol–water partition coefficient (Wildman–Crippen LogP) is 2.96. The fraction of sp³-hybridized carbons (Fsp3) is 0.444. The largest absolute Gasteiger partial charge is 0.376 e. The van der Waals surface area contributed by atoms with Crippen LogP contribution in [-0.4, -0.2) is 40.5 Å². The van der Waals surface area contributed by atoms with Crippen molar-refractivity contribution in [3.05, 3.63) is 36.5 Å². The van der Waals surface area contributed by atoms with E-state index < -0.39 is 0 Å². The summed E-state index contributed by atoms with van der Waals surface area (Å²) in [5, 5.41) is 3.37. The van der Waals surface area contributed by atoms with Crippen molar-refractivity contribution < 1.29 is 9.53 Å². The molecule has 1 saturated heterocycles. The van der Waals surface area contributed by atoms with Crippen LogP contribution in [0.15, 0.2) is 41.7 Å². The van der Waals surface area contributed by atoms with Crippen LogP contribution in [-0.2, 0) is 16.1 Å². The normalized spacial score (nSPS) is 18.5. The molecule has 1 fully saturated rings. The first-order valence-electron chi connectivity index (χ1n) is 8.30. The molecule has 3 rings (SSSR count). The number of nitrogens with zero attached hydrogens (tertiary/aromatic N) is 2. The molecular weight excluding hydrogens is 322 g/mol. The Morgan fingerprint density at radius 3 is 2.92 bits per heavy atom. The monoisotopic (exact) mass is 345 g/mol. The Morgan fingerprint density at radius 1 is 1.46 bits per heavy atom. The number of hydrogen-bond acceptors (Lipinski definition) is 4. The highest BCUT2D eigenvalue weighted by molar-refractivity contribution is 8.00. The summed E-state index contributed by atoms with van der Waals surface area (Å²) in [4.78, 5) is 16.4. The molecule has 2 heterocycles. The van der Waals surface area contributed by atoms with Gasteiger partial charge in [-0.2, -0.15) is 0 Å². The van der Waals surface area contributed by atoms with Crippen LogP contribution in [0.5, 0.6) is 0 Å². The maximum absolute atomic E-state index is 11.9. The first kappa shape index (κ1) is 17.0. The van der Waals surface area contributed by atoms with E-state index in [0.29, 0.717) is 0 Å². The fourth-order valence-electron chi connectivity index (χ4n) is 2.88. The van der Waals surface area contributed by atoms with Gasteiger partial charge < -0.3 is 14.6 Å². The van der Waals surface area contributed by atoms with Crippen LogP contribution < -0.4 is 5.32 Å². The van der Waals surface area contributed by atoms with E-state index in [4.69, 9.17) is 4.74 Å². The summed E-state index contributed by atoms with van der Waals surface area (Å²) in [7, 11) is 1.66. The molecule has 6 heteroatoms. The molecule has 1 aliphatic heterocycles. The highest BCUT2D eigenvalue weighted by Crippen LogP contribution is 2.30. The average molecular weight is 345 g/mol. The van der Waals surface area contributed by atoms with Crippen molar-refractivity contribution in [2.45, 2.75) is 42.8 Å². The van der Waals surface area contributed by atoms with Crippen molar-refractivity contribution in [1.29, 1.82) is 0 Å². The first-order valence-corrected chi connectivity index (χ1v) is 9.18. The highest BCUT2D eigenvalue weighted by Gasteiger charge is 2.23. The minimum atomic E-state index is -0.190. The molecule has 0 spiro atoms. The number of aromatic nitrogens is 2. The lowest BCUT2D eigenvalue weighted by molar-refractivity contribution is -0.119. The molecule has 2 atom stereocenters. The van der Waals surface area contributed by atoms with Crippen molar-refractivity contribution in [2.75, 3.05) is 13.7 Å². The summed E-state index contributed by atoms with van der Waals surface area (Å²) in [6, 6.07) is 10.2. The highest BCUT2D eigenvalue weighted by atomic mass is 32.2. The van der Waals surface area contributed by atoms with E-state index >= 15 is 0 Å². The molecular formula is C18H23N3O2S. The van der Waals surface area contributed by atoms with E-state index in [1.165, 1.54) is 11.8 Å². The number of ether oxygens (including phenoxy) is 1. The Balaban J connectivity index is 1.90. The predicted molar refractivity (Wildman–Crippen MR) is 96.0 cm³/mol. The number of carbonyl (C=O) groups excluding carboxylic acids is 1. The topological polar surface area (TPSA) is 56.2 Å². The van der Waals surface area contributed by atoms with Crippen LogP contribution in [0.1, 0.15) is 19.8 Å². The molecule has 2 aromatic rings. The van der Waals surface area contributed by atoms with Gasteiger partial charge in [-0.05, 0) is 25.3 Å². The minimum absolute atomic E-state index is 0.00734. The molecule has 5 nitrogen and oxygen atoms in total. The Bertz CT molecular complexity index is 681. The van der Waals surface area contributed by atoms with Gasteiger partial charge in [0.15, 0.2) is 5.16 Å². The average Bonchev–Trinajstić information content (AvgIpc) is 3.26. The van der Waals surface area contributed by atoms with Crippen molar-refractivity contribution in [1.82, 2.24) is 14.9 Å². The maximum Gasteiger partial charge on any atom is 0.233 e. The summed E-state index contributed by atoms with van der Waals surface area (Å²) in [6.07, 6.45) is 4.29. The summed E-state index contributed by atoms with van der Waals surface area (Å²) in [6.45, 7) is 3.50. The maximum atomic E-state index is 11.9. The third kappa shape index (κ3) is 3.82. The van der Waals surface area contributed by atoms with E-state index in [0.717, 1.165) is 42.4 Å². The number of imidazole rings is 1. The molecule has 0 radical (unpaired) electrons. The molecule has 24 heavy (non-hydrogen) atoms. The standard InChI is InChI=1S/C18H23N3O2S/c1-13(17(22)19-2)24-18-20-11-16(14-7-4-3-5-8-14)21(18)12-15-9-6-10-23-15/h3-5,7-8,11,13,15H,6,9-10,12H2,1-2H3,(H,19,22)/t13-,15+/m0/s1. The van der Waals surface area contributed by atoms with Crippen LogP contribution in [0.4, 0.5) is 0 Å². The van der Waals surface area contributed by atoms with Gasteiger partial charge >= 0.3 is 0 Å². The number of rotatable bonds is 6. The van der Waals surface area contributed by atoms with E-state index in [1.807, 2.05) is 31.3 Å². The van der Waals surface area contributed by atoms with Crippen molar-refractivity contribution in [3.8, 4) is 11.3 Å². The summed E-state index contributed by atoms with van der Waals surface area (Å²) < 4.78 is 8.00. The molecule has 0 unspecified atom stereocenters. The molecule has 128 valence electrons. The van der Waals surface area contributed by atoms with Crippen LogP contribution in [0.2, 0.25) is 0 Å². The second kappa shape index (κ2) is 7.85. The van der Waals surface area contributed by atoms with Gasteiger partial charge in [0.25, 0.3) is 0 Å². The van der Waals surface area contributed by atoms with Gasteiger partial charge in [-0.1, -0.05) is 42.1 Å². The van der Waals surface area contributed by atoms with Gasteiger partial charge in [0.05, 0.1) is 29.8 Å². The number of amides is 1. The lowest BCUT2D eigenvalue weighted by Crippen LogP contribution is -2.27. The summed E-state index contributed by atoms with van der Waals surface area (Å²) in [5.74, 6) is 0.00734. The van der Waals surface area contributed by atoms with Crippen LogP contribution in [0.25, 0.3) is 11.3 Å². The third-order valence-corrected chi connectivity index (χ3v) is 5.30. The summed E-state index contributed by atoms with van der Waals surface area (Å²) in [5.41, 5.74) is 2.19. The minimum Gasteiger partial charge on any atom is -0.376 e. The molecule has 0 saturated carbocycles. The van der Waals surface area contributed by atoms with Gasteiger partial charge in [-0.25, -0.2) is 4.98 Å². The zero-order chi connectivity index (χ0) is 16.9.